The van der Waals surface area contributed by atoms with E-state index in [1.165, 1.54) is 0 Å². The van der Waals surface area contributed by atoms with Crippen LogP contribution in [0.5, 0.6) is 0 Å². The Morgan fingerprint density at radius 2 is 2.09 bits per heavy atom. The first kappa shape index (κ1) is 20.3. The number of hydrogen-bond acceptors (Lipinski definition) is 7. The number of nitrogens with one attached hydrogen (secondary N) is 2. The highest BCUT2D eigenvalue weighted by Gasteiger charge is 2.21. The number of pyridine rings is 1. The van der Waals surface area contributed by atoms with E-state index in [1.54, 1.807) is 7.05 Å². The van der Waals surface area contributed by atoms with Crippen LogP contribution in [-0.4, -0.2) is 48.5 Å². The minimum Gasteiger partial charge on any atom is -0.378 e. The van der Waals surface area contributed by atoms with E-state index in [9.17, 15) is 0 Å². The molecule has 1 aromatic carbocycles. The summed E-state index contributed by atoms with van der Waals surface area (Å²) in [6.45, 7) is 4.37. The summed E-state index contributed by atoms with van der Waals surface area (Å²) in [6.07, 6.45) is 1.97. The molecule has 4 heterocycles. The molecule has 0 radical (unpaired) electrons. The number of aliphatic imine (C=N–C) groups is 1. The van der Waals surface area contributed by atoms with Crippen molar-refractivity contribution in [1.29, 1.82) is 5.41 Å². The second kappa shape index (κ2) is 8.12. The Kier molecular flexibility index (Phi) is 5.14. The van der Waals surface area contributed by atoms with Gasteiger partial charge >= 0.3 is 0 Å². The Balaban J connectivity index is 1.47. The quantitative estimate of drug-likeness (QED) is 0.329. The number of benzene rings is 1. The van der Waals surface area contributed by atoms with Crippen molar-refractivity contribution in [2.75, 3.05) is 18.5 Å². The molecule has 10 heteroatoms. The van der Waals surface area contributed by atoms with Crippen molar-refractivity contribution in [3.63, 3.8) is 0 Å². The van der Waals surface area contributed by atoms with E-state index >= 15 is 0 Å². The SMILES string of the molecule is CN=C(N)SC(=N)c1ccc2[nH]cc(-c3cccc(N4CCn5c(C)nnc5C4)n3)c2c1. The van der Waals surface area contributed by atoms with Crippen LogP contribution in [0.25, 0.3) is 22.2 Å². The van der Waals surface area contributed by atoms with Gasteiger partial charge in [0.2, 0.25) is 0 Å². The summed E-state index contributed by atoms with van der Waals surface area (Å²) in [5.74, 6) is 2.82. The number of anilines is 1. The van der Waals surface area contributed by atoms with Crippen molar-refractivity contribution in [3.8, 4) is 11.3 Å². The number of rotatable bonds is 3. The Morgan fingerprint density at radius 1 is 1.22 bits per heavy atom. The van der Waals surface area contributed by atoms with E-state index in [2.05, 4.69) is 29.6 Å². The standard InChI is InChI=1S/C22H23N9S/c1-13-28-29-20-12-30(8-9-31(13)20)19-5-3-4-18(27-19)16-11-26-17-7-6-14(10-15(16)17)21(23)32-22(24)25-2/h3-7,10-11,23,26H,8-9,12H2,1-2H3,(H2,24,25). The monoisotopic (exact) mass is 445 g/mol. The van der Waals surface area contributed by atoms with Gasteiger partial charge in [0.15, 0.2) is 11.0 Å². The molecule has 0 saturated heterocycles. The summed E-state index contributed by atoms with van der Waals surface area (Å²) < 4.78 is 2.16. The number of hydrogen-bond donors (Lipinski definition) is 3. The van der Waals surface area contributed by atoms with Crippen LogP contribution in [0.3, 0.4) is 0 Å². The summed E-state index contributed by atoms with van der Waals surface area (Å²) in [5, 5.41) is 18.6. The summed E-state index contributed by atoms with van der Waals surface area (Å²) in [5.41, 5.74) is 9.44. The molecule has 0 aliphatic carbocycles. The molecule has 162 valence electrons. The second-order valence-electron chi connectivity index (χ2n) is 7.57. The molecule has 5 rings (SSSR count). The van der Waals surface area contributed by atoms with Crippen LogP contribution in [0.4, 0.5) is 5.82 Å². The summed E-state index contributed by atoms with van der Waals surface area (Å²) >= 11 is 1.15. The van der Waals surface area contributed by atoms with E-state index in [-0.39, 0.29) is 0 Å². The lowest BCUT2D eigenvalue weighted by Crippen LogP contribution is -2.34. The Labute approximate surface area is 189 Å². The largest absolute Gasteiger partial charge is 0.378 e. The summed E-state index contributed by atoms with van der Waals surface area (Å²) in [7, 11) is 1.62. The number of aryl methyl sites for hydroxylation is 1. The molecule has 0 unspecified atom stereocenters. The van der Waals surface area contributed by atoms with Gasteiger partial charge in [-0.25, -0.2) is 4.98 Å². The van der Waals surface area contributed by atoms with Gasteiger partial charge in [0.1, 0.15) is 16.7 Å². The zero-order valence-electron chi connectivity index (χ0n) is 17.8. The fourth-order valence-electron chi connectivity index (χ4n) is 3.93. The molecular formula is C22H23N9S. The minimum absolute atomic E-state index is 0.358. The molecule has 0 fully saturated rings. The predicted molar refractivity (Wildman–Crippen MR) is 129 cm³/mol. The molecule has 0 atom stereocenters. The fourth-order valence-corrected chi connectivity index (χ4v) is 4.48. The van der Waals surface area contributed by atoms with Crippen molar-refractivity contribution >= 4 is 38.7 Å². The van der Waals surface area contributed by atoms with E-state index in [4.69, 9.17) is 16.1 Å². The van der Waals surface area contributed by atoms with E-state index in [0.717, 1.165) is 70.0 Å². The maximum atomic E-state index is 8.35. The molecule has 4 aromatic rings. The topological polar surface area (TPSA) is 125 Å². The number of H-pyrrole nitrogens is 1. The molecule has 1 aliphatic heterocycles. The zero-order chi connectivity index (χ0) is 22.2. The lowest BCUT2D eigenvalue weighted by Gasteiger charge is -2.28. The van der Waals surface area contributed by atoms with Crippen molar-refractivity contribution < 1.29 is 0 Å². The van der Waals surface area contributed by atoms with E-state index in [1.807, 2.05) is 49.5 Å². The highest BCUT2D eigenvalue weighted by molar-refractivity contribution is 8.26. The van der Waals surface area contributed by atoms with Gasteiger partial charge in [-0.05, 0) is 43.0 Å². The average molecular weight is 446 g/mol. The lowest BCUT2D eigenvalue weighted by molar-refractivity contribution is 0.547. The van der Waals surface area contributed by atoms with Crippen molar-refractivity contribution in [1.82, 2.24) is 24.7 Å². The van der Waals surface area contributed by atoms with E-state index in [0.29, 0.717) is 16.8 Å². The molecule has 9 nitrogen and oxygen atoms in total. The maximum Gasteiger partial charge on any atom is 0.160 e. The Bertz CT molecular complexity index is 1350. The third-order valence-electron chi connectivity index (χ3n) is 5.64. The molecule has 0 saturated carbocycles. The van der Waals surface area contributed by atoms with E-state index < -0.39 is 0 Å². The number of amidine groups is 1. The minimum atomic E-state index is 0.358. The number of nitrogens with zero attached hydrogens (tertiary/aromatic N) is 6. The van der Waals surface area contributed by atoms with Crippen LogP contribution < -0.4 is 10.6 Å². The molecule has 3 aromatic heterocycles. The van der Waals surface area contributed by atoms with Gasteiger partial charge in [-0.15, -0.1) is 10.2 Å². The van der Waals surface area contributed by atoms with Gasteiger partial charge in [-0.3, -0.25) is 10.4 Å². The average Bonchev–Trinajstić information content (AvgIpc) is 3.41. The predicted octanol–water partition coefficient (Wildman–Crippen LogP) is 3.15. The van der Waals surface area contributed by atoms with Gasteiger partial charge in [0.25, 0.3) is 0 Å². The number of aromatic amines is 1. The first-order valence-electron chi connectivity index (χ1n) is 10.2. The van der Waals surface area contributed by atoms with Crippen LogP contribution in [0, 0.1) is 12.3 Å². The number of fused-ring (bicyclic) bond motifs is 2. The first-order valence-corrected chi connectivity index (χ1v) is 11.1. The highest BCUT2D eigenvalue weighted by Crippen LogP contribution is 2.31. The van der Waals surface area contributed by atoms with Crippen LogP contribution in [0.2, 0.25) is 0 Å². The van der Waals surface area contributed by atoms with Crippen molar-refractivity contribution in [2.45, 2.75) is 20.0 Å². The number of thioether (sulfide) groups is 1. The molecule has 0 spiro atoms. The number of aromatic nitrogens is 5. The van der Waals surface area contributed by atoms with Gasteiger partial charge in [0, 0.05) is 48.4 Å². The van der Waals surface area contributed by atoms with Crippen LogP contribution in [-0.2, 0) is 13.1 Å². The summed E-state index contributed by atoms with van der Waals surface area (Å²) in [6, 6.07) is 12.0. The van der Waals surface area contributed by atoms with Gasteiger partial charge in [0.05, 0.1) is 12.2 Å². The van der Waals surface area contributed by atoms with Crippen LogP contribution >= 0.6 is 11.8 Å². The second-order valence-corrected chi connectivity index (χ2v) is 8.60. The van der Waals surface area contributed by atoms with Crippen molar-refractivity contribution in [3.05, 3.63) is 59.8 Å². The lowest BCUT2D eigenvalue weighted by atomic mass is 10.1. The van der Waals surface area contributed by atoms with Crippen LogP contribution in [0.15, 0.2) is 47.6 Å². The van der Waals surface area contributed by atoms with Gasteiger partial charge < -0.3 is 20.2 Å². The normalized spacial score (nSPS) is 14.1. The van der Waals surface area contributed by atoms with Gasteiger partial charge in [-0.1, -0.05) is 12.1 Å². The highest BCUT2D eigenvalue weighted by atomic mass is 32.2. The maximum absolute atomic E-state index is 8.35. The molecule has 1 aliphatic rings. The third kappa shape index (κ3) is 3.62. The fraction of sp³-hybridized carbons (Fsp3) is 0.227. The Morgan fingerprint density at radius 3 is 2.94 bits per heavy atom. The first-order chi connectivity index (χ1) is 15.5. The molecule has 4 N–H and O–H groups in total. The molecular weight excluding hydrogens is 422 g/mol. The Hall–Kier alpha value is -3.66. The molecule has 32 heavy (non-hydrogen) atoms. The smallest absolute Gasteiger partial charge is 0.160 e. The molecule has 0 amide bonds. The summed E-state index contributed by atoms with van der Waals surface area (Å²) in [4.78, 5) is 14.4. The van der Waals surface area contributed by atoms with Crippen LogP contribution in [0.1, 0.15) is 17.2 Å². The third-order valence-corrected chi connectivity index (χ3v) is 6.47. The molecule has 0 bridgehead atoms. The number of nitrogens with two attached hydrogens (primary N) is 1. The van der Waals surface area contributed by atoms with Crippen molar-refractivity contribution in [2.24, 2.45) is 10.7 Å². The van der Waals surface area contributed by atoms with Gasteiger partial charge in [-0.2, -0.15) is 0 Å². The zero-order valence-corrected chi connectivity index (χ0v) is 18.6.